The molecular formula is C12H14FN. The van der Waals surface area contributed by atoms with Crippen LogP contribution in [0.5, 0.6) is 0 Å². The molecule has 0 unspecified atom stereocenters. The first kappa shape index (κ1) is 9.41. The third kappa shape index (κ3) is 2.20. The molecule has 0 spiro atoms. The largest absolute Gasteiger partial charge is 0.313 e. The van der Waals surface area contributed by atoms with Crippen LogP contribution < -0.4 is 5.32 Å². The molecule has 14 heavy (non-hydrogen) atoms. The van der Waals surface area contributed by atoms with Crippen molar-refractivity contribution in [2.45, 2.75) is 12.8 Å². The van der Waals surface area contributed by atoms with Crippen LogP contribution in [0.4, 0.5) is 4.39 Å². The van der Waals surface area contributed by atoms with E-state index in [1.54, 1.807) is 6.07 Å². The van der Waals surface area contributed by atoms with Crippen molar-refractivity contribution >= 4 is 6.08 Å². The van der Waals surface area contributed by atoms with Crippen LogP contribution in [0.25, 0.3) is 6.08 Å². The Morgan fingerprint density at radius 1 is 1.29 bits per heavy atom. The molecule has 0 saturated carbocycles. The number of piperidine rings is 1. The van der Waals surface area contributed by atoms with Crippen LogP contribution in [0, 0.1) is 5.82 Å². The van der Waals surface area contributed by atoms with Crippen molar-refractivity contribution in [1.82, 2.24) is 5.32 Å². The molecule has 1 aliphatic rings. The van der Waals surface area contributed by atoms with Gasteiger partial charge in [0.05, 0.1) is 0 Å². The Hall–Kier alpha value is -1.15. The van der Waals surface area contributed by atoms with Gasteiger partial charge in [-0.15, -0.1) is 0 Å². The summed E-state index contributed by atoms with van der Waals surface area (Å²) < 4.78 is 13.3. The first-order valence-corrected chi connectivity index (χ1v) is 5.01. The van der Waals surface area contributed by atoms with Crippen LogP contribution in [0.3, 0.4) is 0 Å². The summed E-state index contributed by atoms with van der Waals surface area (Å²) in [6, 6.07) is 6.90. The van der Waals surface area contributed by atoms with Gasteiger partial charge in [-0.3, -0.25) is 0 Å². The van der Waals surface area contributed by atoms with Gasteiger partial charge in [-0.1, -0.05) is 29.8 Å². The third-order valence-electron chi connectivity index (χ3n) is 2.47. The van der Waals surface area contributed by atoms with Gasteiger partial charge in [0.25, 0.3) is 0 Å². The molecule has 0 aliphatic carbocycles. The zero-order valence-electron chi connectivity index (χ0n) is 8.09. The van der Waals surface area contributed by atoms with E-state index in [9.17, 15) is 4.39 Å². The lowest BCUT2D eigenvalue weighted by Crippen LogP contribution is -2.23. The van der Waals surface area contributed by atoms with Gasteiger partial charge >= 0.3 is 0 Å². The summed E-state index contributed by atoms with van der Waals surface area (Å²) in [5.74, 6) is -0.134. The molecule has 2 rings (SSSR count). The highest BCUT2D eigenvalue weighted by Crippen LogP contribution is 2.15. The van der Waals surface area contributed by atoms with E-state index in [0.717, 1.165) is 25.9 Å². The maximum absolute atomic E-state index is 13.3. The highest BCUT2D eigenvalue weighted by molar-refractivity contribution is 5.53. The summed E-state index contributed by atoms with van der Waals surface area (Å²) in [6.07, 6.45) is 4.20. The first-order valence-electron chi connectivity index (χ1n) is 5.01. The predicted molar refractivity (Wildman–Crippen MR) is 56.5 cm³/mol. The van der Waals surface area contributed by atoms with Crippen molar-refractivity contribution in [3.63, 3.8) is 0 Å². The lowest BCUT2D eigenvalue weighted by atomic mass is 10.0. The molecule has 0 amide bonds. The minimum atomic E-state index is -0.134. The molecule has 0 aromatic heterocycles. The topological polar surface area (TPSA) is 12.0 Å². The van der Waals surface area contributed by atoms with Gasteiger partial charge in [0.2, 0.25) is 0 Å². The highest BCUT2D eigenvalue weighted by Gasteiger charge is 2.05. The number of nitrogens with one attached hydrogen (secondary N) is 1. The maximum atomic E-state index is 13.3. The Morgan fingerprint density at radius 2 is 2.14 bits per heavy atom. The van der Waals surface area contributed by atoms with Crippen molar-refractivity contribution in [3.05, 3.63) is 41.2 Å². The van der Waals surface area contributed by atoms with E-state index >= 15 is 0 Å². The Labute approximate surface area is 83.6 Å². The zero-order chi connectivity index (χ0) is 9.80. The van der Waals surface area contributed by atoms with Gasteiger partial charge in [-0.25, -0.2) is 4.39 Å². The number of hydrogen-bond acceptors (Lipinski definition) is 1. The molecule has 2 heteroatoms. The third-order valence-corrected chi connectivity index (χ3v) is 2.47. The van der Waals surface area contributed by atoms with Crippen LogP contribution in [0.15, 0.2) is 29.8 Å². The summed E-state index contributed by atoms with van der Waals surface area (Å²) in [5, 5.41) is 3.28. The van der Waals surface area contributed by atoms with Crippen LogP contribution in [-0.4, -0.2) is 13.1 Å². The van der Waals surface area contributed by atoms with Crippen molar-refractivity contribution in [3.8, 4) is 0 Å². The van der Waals surface area contributed by atoms with Crippen LogP contribution in [-0.2, 0) is 0 Å². The van der Waals surface area contributed by atoms with Crippen LogP contribution in [0.1, 0.15) is 18.4 Å². The van der Waals surface area contributed by atoms with E-state index in [1.165, 1.54) is 11.6 Å². The summed E-state index contributed by atoms with van der Waals surface area (Å²) in [4.78, 5) is 0. The summed E-state index contributed by atoms with van der Waals surface area (Å²) in [7, 11) is 0. The SMILES string of the molecule is Fc1ccccc1/C=C1/CCCNC1. The number of hydrogen-bond donors (Lipinski definition) is 1. The molecule has 1 fully saturated rings. The van der Waals surface area contributed by atoms with E-state index < -0.39 is 0 Å². The molecule has 0 atom stereocenters. The van der Waals surface area contributed by atoms with E-state index in [-0.39, 0.29) is 5.82 Å². The number of halogens is 1. The second-order valence-electron chi connectivity index (χ2n) is 3.60. The van der Waals surface area contributed by atoms with Gasteiger partial charge in [0, 0.05) is 12.1 Å². The van der Waals surface area contributed by atoms with Crippen molar-refractivity contribution in [2.75, 3.05) is 13.1 Å². The Balaban J connectivity index is 2.19. The summed E-state index contributed by atoms with van der Waals surface area (Å²) in [6.45, 7) is 1.98. The number of benzene rings is 1. The van der Waals surface area contributed by atoms with E-state index in [0.29, 0.717) is 5.56 Å². The van der Waals surface area contributed by atoms with Gasteiger partial charge in [0.15, 0.2) is 0 Å². The first-order chi connectivity index (χ1) is 6.86. The molecule has 1 heterocycles. The maximum Gasteiger partial charge on any atom is 0.130 e. The second-order valence-corrected chi connectivity index (χ2v) is 3.60. The Morgan fingerprint density at radius 3 is 2.86 bits per heavy atom. The fraction of sp³-hybridized carbons (Fsp3) is 0.333. The standard InChI is InChI=1S/C12H14FN/c13-12-6-2-1-5-11(12)8-10-4-3-7-14-9-10/h1-2,5-6,8,14H,3-4,7,9H2/b10-8-. The lowest BCUT2D eigenvalue weighted by molar-refractivity contribution is 0.609. The highest BCUT2D eigenvalue weighted by atomic mass is 19.1. The number of rotatable bonds is 1. The lowest BCUT2D eigenvalue weighted by Gasteiger charge is -2.15. The minimum absolute atomic E-state index is 0.134. The minimum Gasteiger partial charge on any atom is -0.313 e. The zero-order valence-corrected chi connectivity index (χ0v) is 8.09. The molecule has 0 bridgehead atoms. The van der Waals surface area contributed by atoms with Crippen molar-refractivity contribution < 1.29 is 4.39 Å². The quantitative estimate of drug-likeness (QED) is 0.719. The molecule has 1 aliphatic heterocycles. The smallest absolute Gasteiger partial charge is 0.130 e. The predicted octanol–water partition coefficient (Wildman–Crippen LogP) is 2.59. The Kier molecular flexibility index (Phi) is 2.94. The normalized spacial score (nSPS) is 19.9. The fourth-order valence-corrected chi connectivity index (χ4v) is 1.71. The molecule has 74 valence electrons. The Bertz CT molecular complexity index is 336. The van der Waals surface area contributed by atoms with Crippen molar-refractivity contribution in [2.24, 2.45) is 0 Å². The molecule has 1 N–H and O–H groups in total. The fourth-order valence-electron chi connectivity index (χ4n) is 1.71. The van der Waals surface area contributed by atoms with E-state index in [2.05, 4.69) is 5.32 Å². The molecule has 1 aromatic rings. The molecule has 1 aromatic carbocycles. The molecular weight excluding hydrogens is 177 g/mol. The van der Waals surface area contributed by atoms with Crippen LogP contribution >= 0.6 is 0 Å². The average molecular weight is 191 g/mol. The summed E-state index contributed by atoms with van der Waals surface area (Å²) in [5.41, 5.74) is 1.99. The van der Waals surface area contributed by atoms with E-state index in [1.807, 2.05) is 18.2 Å². The average Bonchev–Trinajstić information content (AvgIpc) is 2.23. The van der Waals surface area contributed by atoms with Crippen molar-refractivity contribution in [1.29, 1.82) is 0 Å². The van der Waals surface area contributed by atoms with Gasteiger partial charge in [-0.2, -0.15) is 0 Å². The molecule has 0 radical (unpaired) electrons. The van der Waals surface area contributed by atoms with Gasteiger partial charge in [-0.05, 0) is 25.5 Å². The van der Waals surface area contributed by atoms with Crippen LogP contribution in [0.2, 0.25) is 0 Å². The molecule has 1 nitrogen and oxygen atoms in total. The summed E-state index contributed by atoms with van der Waals surface area (Å²) >= 11 is 0. The molecule has 1 saturated heterocycles. The second kappa shape index (κ2) is 4.38. The van der Waals surface area contributed by atoms with Gasteiger partial charge in [0.1, 0.15) is 5.82 Å². The van der Waals surface area contributed by atoms with E-state index in [4.69, 9.17) is 0 Å². The monoisotopic (exact) mass is 191 g/mol. The van der Waals surface area contributed by atoms with Gasteiger partial charge < -0.3 is 5.32 Å².